The van der Waals surface area contributed by atoms with Gasteiger partial charge < -0.3 is 4.84 Å². The predicted octanol–water partition coefficient (Wildman–Crippen LogP) is 0.503. The maximum Gasteiger partial charge on any atom is 0.397 e. The van der Waals surface area contributed by atoms with Gasteiger partial charge in [-0.3, -0.25) is 4.55 Å². The molecule has 0 bridgehead atoms. The van der Waals surface area contributed by atoms with Crippen LogP contribution in [0.5, 0.6) is 0 Å². The third-order valence-electron chi connectivity index (χ3n) is 0.883. The fraction of sp³-hybridized carbons (Fsp3) is 1.00. The molecular weight excluding hydrogens is 198 g/mol. The van der Waals surface area contributed by atoms with E-state index >= 15 is 0 Å². The highest BCUT2D eigenvalue weighted by Crippen LogP contribution is 1.82. The molecule has 0 aromatic heterocycles. The van der Waals surface area contributed by atoms with E-state index in [1.54, 1.807) is 0 Å². The smallest absolute Gasteiger partial charge is 0.305 e. The van der Waals surface area contributed by atoms with Crippen LogP contribution in [0.25, 0.3) is 0 Å². The zero-order valence-corrected chi connectivity index (χ0v) is 8.71. The first-order chi connectivity index (χ1) is 5.97. The summed E-state index contributed by atoms with van der Waals surface area (Å²) in [6.07, 6.45) is 2.22. The van der Waals surface area contributed by atoms with Crippen molar-refractivity contribution in [2.24, 2.45) is 5.90 Å². The summed E-state index contributed by atoms with van der Waals surface area (Å²) in [4.78, 5) is 4.28. The molecule has 0 rings (SSSR count). The molecule has 7 heteroatoms. The fourth-order valence-electron chi connectivity index (χ4n) is 0.377. The normalized spacial score (nSPS) is 10.5. The Balaban J connectivity index is 0. The third kappa shape index (κ3) is 24.5. The van der Waals surface area contributed by atoms with Gasteiger partial charge >= 0.3 is 10.4 Å². The van der Waals surface area contributed by atoms with Crippen LogP contribution in [0.1, 0.15) is 26.7 Å². The van der Waals surface area contributed by atoms with Crippen molar-refractivity contribution in [1.82, 2.24) is 0 Å². The van der Waals surface area contributed by atoms with Crippen LogP contribution in [0.2, 0.25) is 0 Å². The minimum absolute atomic E-state index is 0.0289. The van der Waals surface area contributed by atoms with Gasteiger partial charge in [-0.1, -0.05) is 13.3 Å². The molecule has 6 nitrogen and oxygen atoms in total. The van der Waals surface area contributed by atoms with Crippen LogP contribution >= 0.6 is 0 Å². The van der Waals surface area contributed by atoms with Gasteiger partial charge in [0.1, 0.15) is 0 Å². The molecule has 0 unspecified atom stereocenters. The van der Waals surface area contributed by atoms with Gasteiger partial charge in [-0.05, 0) is 13.3 Å². The molecule has 3 N–H and O–H groups in total. The highest BCUT2D eigenvalue weighted by Gasteiger charge is 1.98. The Kier molecular flexibility index (Phi) is 11.6. The second-order valence-electron chi connectivity index (χ2n) is 2.06. The molecule has 0 spiro atoms. The van der Waals surface area contributed by atoms with Crippen LogP contribution < -0.4 is 5.90 Å². The Bertz CT molecular complexity index is 175. The number of hydrogen-bond donors (Lipinski definition) is 2. The molecule has 0 aromatic carbocycles. The van der Waals surface area contributed by atoms with Crippen LogP contribution in [0.4, 0.5) is 0 Å². The van der Waals surface area contributed by atoms with E-state index in [1.165, 1.54) is 6.92 Å². The minimum atomic E-state index is -4.17. The van der Waals surface area contributed by atoms with Gasteiger partial charge in [0.15, 0.2) is 0 Å². The molecular formula is C6H17NO5S. The molecule has 0 aromatic rings. The Morgan fingerprint density at radius 2 is 1.92 bits per heavy atom. The van der Waals surface area contributed by atoms with E-state index < -0.39 is 10.4 Å². The highest BCUT2D eigenvalue weighted by atomic mass is 32.3. The Morgan fingerprint density at radius 1 is 1.38 bits per heavy atom. The fourth-order valence-corrected chi connectivity index (χ4v) is 0.674. The molecule has 0 aliphatic heterocycles. The van der Waals surface area contributed by atoms with E-state index in [9.17, 15) is 8.42 Å². The number of hydrogen-bond acceptors (Lipinski definition) is 5. The van der Waals surface area contributed by atoms with E-state index in [-0.39, 0.29) is 6.61 Å². The van der Waals surface area contributed by atoms with Crippen molar-refractivity contribution in [3.05, 3.63) is 0 Å². The summed E-state index contributed by atoms with van der Waals surface area (Å²) in [5, 5.41) is 0. The van der Waals surface area contributed by atoms with Gasteiger partial charge in [-0.15, -0.1) is 0 Å². The molecule has 0 aliphatic carbocycles. The number of rotatable bonds is 5. The van der Waals surface area contributed by atoms with E-state index in [2.05, 4.69) is 15.9 Å². The van der Waals surface area contributed by atoms with Gasteiger partial charge in [0.05, 0.1) is 13.2 Å². The van der Waals surface area contributed by atoms with Crippen molar-refractivity contribution in [3.63, 3.8) is 0 Å². The maximum absolute atomic E-state index is 9.56. The molecule has 0 saturated carbocycles. The van der Waals surface area contributed by atoms with Gasteiger partial charge in [-0.25, -0.2) is 10.1 Å². The van der Waals surface area contributed by atoms with Gasteiger partial charge in [-0.2, -0.15) is 8.42 Å². The molecule has 0 atom stereocenters. The van der Waals surface area contributed by atoms with Crippen molar-refractivity contribution >= 4 is 10.4 Å². The Hall–Kier alpha value is -0.210. The predicted molar refractivity (Wildman–Crippen MR) is 48.2 cm³/mol. The van der Waals surface area contributed by atoms with Crippen LogP contribution in [0.3, 0.4) is 0 Å². The van der Waals surface area contributed by atoms with Crippen molar-refractivity contribution in [1.29, 1.82) is 0 Å². The Morgan fingerprint density at radius 3 is 2.00 bits per heavy atom. The number of unbranched alkanes of at least 4 members (excludes halogenated alkanes) is 1. The summed E-state index contributed by atoms with van der Waals surface area (Å²) in [6.45, 7) is 4.22. The first-order valence-electron chi connectivity index (χ1n) is 3.91. The second-order valence-corrected chi connectivity index (χ2v) is 3.15. The Labute approximate surface area is 78.9 Å². The summed E-state index contributed by atoms with van der Waals surface area (Å²) in [5.74, 6) is 4.71. The molecule has 0 aliphatic rings. The average Bonchev–Trinajstić information content (AvgIpc) is 1.99. The molecule has 13 heavy (non-hydrogen) atoms. The average molecular weight is 215 g/mol. The van der Waals surface area contributed by atoms with E-state index in [0.29, 0.717) is 6.61 Å². The van der Waals surface area contributed by atoms with Gasteiger partial charge in [0.25, 0.3) is 0 Å². The third-order valence-corrected chi connectivity index (χ3v) is 1.42. The standard InChI is InChI=1S/C4H11NO.C2H6O4S/c1-2-3-4-6-5;1-2-6-7(3,4)5/h2-5H2,1H3;2H2,1H3,(H,3,4,5). The SMILES string of the molecule is CCCCON.CCOS(=O)(=O)O. The molecule has 0 saturated heterocycles. The van der Waals surface area contributed by atoms with Gasteiger partial charge in [0, 0.05) is 0 Å². The summed E-state index contributed by atoms with van der Waals surface area (Å²) < 4.78 is 30.7. The van der Waals surface area contributed by atoms with Crippen LogP contribution in [0, 0.1) is 0 Å². The zero-order chi connectivity index (χ0) is 10.7. The lowest BCUT2D eigenvalue weighted by Gasteiger charge is -1.88. The van der Waals surface area contributed by atoms with Crippen molar-refractivity contribution in [2.75, 3.05) is 13.2 Å². The van der Waals surface area contributed by atoms with Crippen LogP contribution in [0.15, 0.2) is 0 Å². The van der Waals surface area contributed by atoms with Gasteiger partial charge in [0.2, 0.25) is 0 Å². The van der Waals surface area contributed by atoms with Crippen molar-refractivity contribution in [3.8, 4) is 0 Å². The molecule has 0 amide bonds. The molecule has 0 fully saturated rings. The lowest BCUT2D eigenvalue weighted by atomic mass is 10.4. The largest absolute Gasteiger partial charge is 0.397 e. The quantitative estimate of drug-likeness (QED) is 0.393. The van der Waals surface area contributed by atoms with Crippen LogP contribution in [-0.4, -0.2) is 26.2 Å². The van der Waals surface area contributed by atoms with E-state index in [0.717, 1.165) is 12.8 Å². The van der Waals surface area contributed by atoms with E-state index in [4.69, 9.17) is 10.4 Å². The lowest BCUT2D eigenvalue weighted by molar-refractivity contribution is 0.135. The molecule has 0 radical (unpaired) electrons. The first kappa shape index (κ1) is 15.3. The second kappa shape index (κ2) is 9.87. The summed E-state index contributed by atoms with van der Waals surface area (Å²) in [5.41, 5.74) is 0. The molecule has 82 valence electrons. The highest BCUT2D eigenvalue weighted by molar-refractivity contribution is 7.80. The van der Waals surface area contributed by atoms with Crippen LogP contribution in [-0.2, 0) is 19.4 Å². The molecule has 0 heterocycles. The first-order valence-corrected chi connectivity index (χ1v) is 5.27. The topological polar surface area (TPSA) is 98.9 Å². The monoisotopic (exact) mass is 215 g/mol. The lowest BCUT2D eigenvalue weighted by Crippen LogP contribution is -2.01. The van der Waals surface area contributed by atoms with E-state index in [1.807, 2.05) is 0 Å². The summed E-state index contributed by atoms with van der Waals surface area (Å²) in [6, 6.07) is 0. The number of nitrogens with two attached hydrogens (primary N) is 1. The van der Waals surface area contributed by atoms with Crippen molar-refractivity contribution < 1.29 is 22.0 Å². The maximum atomic E-state index is 9.56. The van der Waals surface area contributed by atoms with Crippen molar-refractivity contribution in [2.45, 2.75) is 26.7 Å². The summed E-state index contributed by atoms with van der Waals surface area (Å²) >= 11 is 0. The summed E-state index contributed by atoms with van der Waals surface area (Å²) in [7, 11) is -4.17. The zero-order valence-electron chi connectivity index (χ0n) is 7.89. The minimum Gasteiger partial charge on any atom is -0.305 e.